The third-order valence-electron chi connectivity index (χ3n) is 5.35. The Morgan fingerprint density at radius 2 is 1.50 bits per heavy atom. The molecule has 172 valence electrons. The topological polar surface area (TPSA) is 79.7 Å². The van der Waals surface area contributed by atoms with Crippen LogP contribution in [-0.4, -0.2) is 35.9 Å². The second-order valence-corrected chi connectivity index (χ2v) is 7.56. The number of benzene rings is 3. The summed E-state index contributed by atoms with van der Waals surface area (Å²) in [4.78, 5) is 25.6. The molecule has 0 aliphatic heterocycles. The van der Waals surface area contributed by atoms with Gasteiger partial charge in [0.1, 0.15) is 23.6 Å². The average Bonchev–Trinajstić information content (AvgIpc) is 3.29. The van der Waals surface area contributed by atoms with Gasteiger partial charge in [0.05, 0.1) is 19.9 Å². The number of carbonyl (C=O) groups is 2. The molecule has 0 bridgehead atoms. The molecule has 0 atom stereocenters. The fourth-order valence-corrected chi connectivity index (χ4v) is 3.59. The normalized spacial score (nSPS) is 10.6. The number of rotatable bonds is 7. The van der Waals surface area contributed by atoms with Gasteiger partial charge in [-0.15, -0.1) is 0 Å². The van der Waals surface area contributed by atoms with E-state index in [1.54, 1.807) is 12.1 Å². The molecule has 4 rings (SSSR count). The van der Waals surface area contributed by atoms with E-state index in [2.05, 4.69) is 5.10 Å². The highest BCUT2D eigenvalue weighted by Gasteiger charge is 2.31. The summed E-state index contributed by atoms with van der Waals surface area (Å²) in [5, 5.41) is 4.64. The number of methoxy groups -OCH3 is 2. The van der Waals surface area contributed by atoms with Crippen LogP contribution in [0.25, 0.3) is 16.9 Å². The molecule has 0 spiro atoms. The maximum absolute atomic E-state index is 12.8. The lowest BCUT2D eigenvalue weighted by Crippen LogP contribution is -2.15. The minimum absolute atomic E-state index is 0.0112. The zero-order valence-electron chi connectivity index (χ0n) is 19.1. The number of ether oxygens (including phenoxy) is 3. The quantitative estimate of drug-likeness (QED) is 0.364. The number of nitrogens with zero attached hydrogens (tertiary/aromatic N) is 2. The Bertz CT molecular complexity index is 1310. The average molecular weight is 456 g/mol. The van der Waals surface area contributed by atoms with Crippen molar-refractivity contribution in [1.82, 2.24) is 9.78 Å². The van der Waals surface area contributed by atoms with Gasteiger partial charge in [-0.25, -0.2) is 14.3 Å². The molecule has 3 aromatic carbocycles. The first kappa shape index (κ1) is 22.8. The molecule has 34 heavy (non-hydrogen) atoms. The molecule has 0 unspecified atom stereocenters. The first-order chi connectivity index (χ1) is 16.5. The van der Waals surface area contributed by atoms with E-state index in [1.807, 2.05) is 73.7 Å². The molecule has 1 heterocycles. The lowest BCUT2D eigenvalue weighted by atomic mass is 10.0. The lowest BCUT2D eigenvalue weighted by Gasteiger charge is -2.11. The number of hydrogen-bond donors (Lipinski definition) is 0. The van der Waals surface area contributed by atoms with Crippen molar-refractivity contribution in [3.8, 4) is 22.7 Å². The molecule has 0 N–H and O–H groups in total. The van der Waals surface area contributed by atoms with Gasteiger partial charge >= 0.3 is 11.9 Å². The van der Waals surface area contributed by atoms with E-state index in [0.29, 0.717) is 29.3 Å². The maximum atomic E-state index is 12.8. The highest BCUT2D eigenvalue weighted by atomic mass is 16.5. The smallest absolute Gasteiger partial charge is 0.357 e. The molecule has 7 heteroatoms. The van der Waals surface area contributed by atoms with Gasteiger partial charge < -0.3 is 14.2 Å². The standard InChI is InChI=1S/C27H24N2O5/c1-18-14-15-20(16-22(18)34-17-19-10-6-4-7-11-19)24-23(26(30)32-2)25(27(31)33-3)29(28-24)21-12-8-5-9-13-21/h4-16H,17H2,1-3H3. The summed E-state index contributed by atoms with van der Waals surface area (Å²) in [7, 11) is 2.52. The van der Waals surface area contributed by atoms with Gasteiger partial charge in [-0.2, -0.15) is 5.10 Å². The van der Waals surface area contributed by atoms with E-state index in [4.69, 9.17) is 14.2 Å². The van der Waals surface area contributed by atoms with E-state index in [-0.39, 0.29) is 11.3 Å². The molecule has 0 aliphatic rings. The Balaban J connectivity index is 1.84. The van der Waals surface area contributed by atoms with Crippen LogP contribution in [0.4, 0.5) is 0 Å². The zero-order chi connectivity index (χ0) is 24.1. The van der Waals surface area contributed by atoms with E-state index in [0.717, 1.165) is 11.1 Å². The number of para-hydroxylation sites is 1. The molecule has 0 saturated carbocycles. The number of carbonyl (C=O) groups excluding carboxylic acids is 2. The van der Waals surface area contributed by atoms with Gasteiger partial charge in [0.15, 0.2) is 5.69 Å². The predicted molar refractivity (Wildman–Crippen MR) is 127 cm³/mol. The highest BCUT2D eigenvalue weighted by molar-refractivity contribution is 6.06. The van der Waals surface area contributed by atoms with Crippen molar-refractivity contribution in [3.05, 3.63) is 101 Å². The van der Waals surface area contributed by atoms with Gasteiger partial charge in [-0.3, -0.25) is 0 Å². The number of esters is 2. The Hall–Kier alpha value is -4.39. The first-order valence-corrected chi connectivity index (χ1v) is 10.7. The van der Waals surface area contributed by atoms with Crippen LogP contribution in [0.15, 0.2) is 78.9 Å². The van der Waals surface area contributed by atoms with E-state index < -0.39 is 11.9 Å². The van der Waals surface area contributed by atoms with Gasteiger partial charge in [0, 0.05) is 5.56 Å². The van der Waals surface area contributed by atoms with Crippen molar-refractivity contribution in [2.75, 3.05) is 14.2 Å². The third-order valence-corrected chi connectivity index (χ3v) is 5.35. The molecule has 0 amide bonds. The summed E-state index contributed by atoms with van der Waals surface area (Å²) in [6, 6.07) is 24.4. The number of aryl methyl sites for hydroxylation is 1. The maximum Gasteiger partial charge on any atom is 0.357 e. The third kappa shape index (κ3) is 4.54. The van der Waals surface area contributed by atoms with Crippen molar-refractivity contribution < 1.29 is 23.8 Å². The summed E-state index contributed by atoms with van der Waals surface area (Å²) in [5.41, 5.74) is 3.47. The van der Waals surface area contributed by atoms with Crippen LogP contribution in [-0.2, 0) is 16.1 Å². The first-order valence-electron chi connectivity index (χ1n) is 10.7. The molecule has 4 aromatic rings. The molecular formula is C27H24N2O5. The lowest BCUT2D eigenvalue weighted by molar-refractivity contribution is 0.0549. The van der Waals surface area contributed by atoms with E-state index >= 15 is 0 Å². The van der Waals surface area contributed by atoms with Crippen LogP contribution in [0.1, 0.15) is 32.0 Å². The van der Waals surface area contributed by atoms with Crippen LogP contribution in [0.3, 0.4) is 0 Å². The Morgan fingerprint density at radius 1 is 0.853 bits per heavy atom. The molecule has 1 aromatic heterocycles. The van der Waals surface area contributed by atoms with Crippen LogP contribution >= 0.6 is 0 Å². The fraction of sp³-hybridized carbons (Fsp3) is 0.148. The summed E-state index contributed by atoms with van der Waals surface area (Å²) in [6.45, 7) is 2.33. The van der Waals surface area contributed by atoms with Gasteiger partial charge in [-0.1, -0.05) is 60.7 Å². The SMILES string of the molecule is COC(=O)c1c(-c2ccc(C)c(OCc3ccccc3)c2)nn(-c2ccccc2)c1C(=O)OC. The van der Waals surface area contributed by atoms with Crippen molar-refractivity contribution in [1.29, 1.82) is 0 Å². The Morgan fingerprint density at radius 3 is 2.15 bits per heavy atom. The van der Waals surface area contributed by atoms with Crippen LogP contribution in [0.2, 0.25) is 0 Å². The second-order valence-electron chi connectivity index (χ2n) is 7.56. The zero-order valence-corrected chi connectivity index (χ0v) is 19.1. The summed E-state index contributed by atoms with van der Waals surface area (Å²) in [6.07, 6.45) is 0. The largest absolute Gasteiger partial charge is 0.489 e. The Labute approximate surface area is 197 Å². The number of hydrogen-bond acceptors (Lipinski definition) is 6. The van der Waals surface area contributed by atoms with Gasteiger partial charge in [0.25, 0.3) is 0 Å². The second kappa shape index (κ2) is 10.0. The molecule has 0 radical (unpaired) electrons. The van der Waals surface area contributed by atoms with Gasteiger partial charge in [0.2, 0.25) is 0 Å². The molecule has 0 saturated heterocycles. The van der Waals surface area contributed by atoms with Crippen molar-refractivity contribution in [2.45, 2.75) is 13.5 Å². The molecule has 0 fully saturated rings. The summed E-state index contributed by atoms with van der Waals surface area (Å²) in [5.74, 6) is -0.744. The summed E-state index contributed by atoms with van der Waals surface area (Å²) >= 11 is 0. The van der Waals surface area contributed by atoms with Crippen molar-refractivity contribution in [3.63, 3.8) is 0 Å². The molecule has 7 nitrogen and oxygen atoms in total. The molecule has 0 aliphatic carbocycles. The monoisotopic (exact) mass is 456 g/mol. The van der Waals surface area contributed by atoms with Crippen LogP contribution in [0.5, 0.6) is 5.75 Å². The van der Waals surface area contributed by atoms with Crippen LogP contribution < -0.4 is 4.74 Å². The van der Waals surface area contributed by atoms with E-state index in [9.17, 15) is 9.59 Å². The van der Waals surface area contributed by atoms with Crippen molar-refractivity contribution in [2.24, 2.45) is 0 Å². The van der Waals surface area contributed by atoms with Gasteiger partial charge in [-0.05, 0) is 36.2 Å². The minimum Gasteiger partial charge on any atom is -0.489 e. The van der Waals surface area contributed by atoms with Crippen molar-refractivity contribution >= 4 is 11.9 Å². The summed E-state index contributed by atoms with van der Waals surface area (Å²) < 4.78 is 17.5. The number of aromatic nitrogens is 2. The van der Waals surface area contributed by atoms with E-state index in [1.165, 1.54) is 18.9 Å². The van der Waals surface area contributed by atoms with Crippen LogP contribution in [0, 0.1) is 6.92 Å². The minimum atomic E-state index is -0.698. The highest BCUT2D eigenvalue weighted by Crippen LogP contribution is 2.32. The predicted octanol–water partition coefficient (Wildman–Crippen LogP) is 5.00. The Kier molecular flexibility index (Phi) is 6.73. The fourth-order valence-electron chi connectivity index (χ4n) is 3.59. The molecular weight excluding hydrogens is 432 g/mol.